The highest BCUT2D eigenvalue weighted by molar-refractivity contribution is 7.13. The molecule has 26 heavy (non-hydrogen) atoms. The number of hydrogen-bond acceptors (Lipinski definition) is 6. The molecule has 1 aromatic heterocycles. The lowest BCUT2D eigenvalue weighted by Crippen LogP contribution is -2.49. The SMILES string of the molecule is CCOCc1nc(C)c(C(=O)N2[C@H](C(=O)NC3CC3)C[C@@H]3OCC[C@@H]32)s1. The fourth-order valence-corrected chi connectivity index (χ4v) is 4.76. The third-order valence-corrected chi connectivity index (χ3v) is 6.37. The van der Waals surface area contributed by atoms with Gasteiger partial charge in [0.15, 0.2) is 0 Å². The average molecular weight is 379 g/mol. The van der Waals surface area contributed by atoms with Gasteiger partial charge in [0.05, 0.1) is 24.4 Å². The van der Waals surface area contributed by atoms with Crippen molar-refractivity contribution < 1.29 is 19.1 Å². The lowest BCUT2D eigenvalue weighted by Gasteiger charge is -2.28. The molecule has 0 bridgehead atoms. The maximum absolute atomic E-state index is 13.3. The van der Waals surface area contributed by atoms with E-state index in [1.54, 1.807) is 4.90 Å². The van der Waals surface area contributed by atoms with Crippen LogP contribution in [0.5, 0.6) is 0 Å². The molecule has 3 atom stereocenters. The van der Waals surface area contributed by atoms with Gasteiger partial charge in [-0.2, -0.15) is 0 Å². The Morgan fingerprint density at radius 3 is 2.92 bits per heavy atom. The van der Waals surface area contributed by atoms with Crippen LogP contribution in [0.25, 0.3) is 0 Å². The van der Waals surface area contributed by atoms with Crippen LogP contribution >= 0.6 is 11.3 Å². The minimum atomic E-state index is -0.449. The number of thiazole rings is 1. The largest absolute Gasteiger partial charge is 0.376 e. The first-order valence-electron chi connectivity index (χ1n) is 9.37. The highest BCUT2D eigenvalue weighted by Crippen LogP contribution is 2.36. The molecule has 1 aromatic rings. The number of likely N-dealkylation sites (tertiary alicyclic amines) is 1. The number of carbonyl (C=O) groups is 2. The fourth-order valence-electron chi connectivity index (χ4n) is 3.81. The van der Waals surface area contributed by atoms with Gasteiger partial charge in [-0.3, -0.25) is 9.59 Å². The fraction of sp³-hybridized carbons (Fsp3) is 0.722. The van der Waals surface area contributed by atoms with Crippen LogP contribution in [-0.4, -0.2) is 59.1 Å². The minimum Gasteiger partial charge on any atom is -0.376 e. The molecule has 142 valence electrons. The summed E-state index contributed by atoms with van der Waals surface area (Å²) < 4.78 is 11.2. The summed E-state index contributed by atoms with van der Waals surface area (Å²) in [5.74, 6) is -0.146. The van der Waals surface area contributed by atoms with E-state index in [0.717, 1.165) is 24.3 Å². The Hall–Kier alpha value is -1.51. The van der Waals surface area contributed by atoms with Crippen LogP contribution in [0.3, 0.4) is 0 Å². The molecular weight excluding hydrogens is 354 g/mol. The van der Waals surface area contributed by atoms with Crippen LogP contribution < -0.4 is 5.32 Å². The quantitative estimate of drug-likeness (QED) is 0.813. The number of rotatable bonds is 6. The first kappa shape index (κ1) is 17.9. The molecular formula is C18H25N3O4S. The molecule has 3 fully saturated rings. The molecule has 1 N–H and O–H groups in total. The molecule has 8 heteroatoms. The number of aryl methyl sites for hydroxylation is 1. The van der Waals surface area contributed by atoms with Crippen LogP contribution in [0.4, 0.5) is 0 Å². The molecule has 3 aliphatic rings. The highest BCUT2D eigenvalue weighted by atomic mass is 32.1. The van der Waals surface area contributed by atoms with Gasteiger partial charge in [-0.1, -0.05) is 0 Å². The van der Waals surface area contributed by atoms with Crippen LogP contribution in [-0.2, 0) is 20.9 Å². The molecule has 2 saturated heterocycles. The average Bonchev–Trinajstić information content (AvgIpc) is 3.04. The van der Waals surface area contributed by atoms with Gasteiger partial charge < -0.3 is 19.7 Å². The van der Waals surface area contributed by atoms with Crippen molar-refractivity contribution in [3.8, 4) is 0 Å². The number of ether oxygens (including phenoxy) is 2. The van der Waals surface area contributed by atoms with Crippen LogP contribution in [0.1, 0.15) is 53.0 Å². The third-order valence-electron chi connectivity index (χ3n) is 5.25. The second-order valence-corrected chi connectivity index (χ2v) is 8.25. The van der Waals surface area contributed by atoms with Gasteiger partial charge in [-0.15, -0.1) is 11.3 Å². The molecule has 2 amide bonds. The van der Waals surface area contributed by atoms with Gasteiger partial charge >= 0.3 is 0 Å². The van der Waals surface area contributed by atoms with E-state index in [-0.39, 0.29) is 30.0 Å². The Bertz CT molecular complexity index is 703. The molecule has 7 nitrogen and oxygen atoms in total. The van der Waals surface area contributed by atoms with Gasteiger partial charge in [0.1, 0.15) is 15.9 Å². The molecule has 1 saturated carbocycles. The van der Waals surface area contributed by atoms with Gasteiger partial charge in [-0.25, -0.2) is 4.98 Å². The highest BCUT2D eigenvalue weighted by Gasteiger charge is 2.50. The summed E-state index contributed by atoms with van der Waals surface area (Å²) >= 11 is 1.37. The van der Waals surface area contributed by atoms with E-state index in [4.69, 9.17) is 9.47 Å². The zero-order valence-electron chi connectivity index (χ0n) is 15.2. The summed E-state index contributed by atoms with van der Waals surface area (Å²) in [6.07, 6.45) is 3.39. The van der Waals surface area contributed by atoms with Crippen molar-refractivity contribution >= 4 is 23.2 Å². The summed E-state index contributed by atoms with van der Waals surface area (Å²) in [4.78, 5) is 32.9. The number of amides is 2. The Labute approximate surface area is 157 Å². The molecule has 0 radical (unpaired) electrons. The Morgan fingerprint density at radius 1 is 1.38 bits per heavy atom. The van der Waals surface area contributed by atoms with E-state index in [2.05, 4.69) is 10.3 Å². The van der Waals surface area contributed by atoms with Gasteiger partial charge in [-0.05, 0) is 33.1 Å². The normalized spacial score (nSPS) is 27.6. The van der Waals surface area contributed by atoms with E-state index < -0.39 is 6.04 Å². The molecule has 3 heterocycles. The summed E-state index contributed by atoms with van der Waals surface area (Å²) in [5, 5.41) is 3.84. The molecule has 0 spiro atoms. The lowest BCUT2D eigenvalue weighted by atomic mass is 10.1. The number of fused-ring (bicyclic) bond motifs is 1. The summed E-state index contributed by atoms with van der Waals surface area (Å²) in [7, 11) is 0. The smallest absolute Gasteiger partial charge is 0.266 e. The zero-order chi connectivity index (χ0) is 18.3. The van der Waals surface area contributed by atoms with E-state index in [1.807, 2.05) is 13.8 Å². The van der Waals surface area contributed by atoms with Gasteiger partial charge in [0.2, 0.25) is 5.91 Å². The zero-order valence-corrected chi connectivity index (χ0v) is 16.0. The third kappa shape index (κ3) is 3.37. The van der Waals surface area contributed by atoms with Crippen molar-refractivity contribution in [3.05, 3.63) is 15.6 Å². The van der Waals surface area contributed by atoms with Crippen LogP contribution in [0.15, 0.2) is 0 Å². The van der Waals surface area contributed by atoms with E-state index >= 15 is 0 Å². The lowest BCUT2D eigenvalue weighted by molar-refractivity contribution is -0.125. The van der Waals surface area contributed by atoms with Crippen LogP contribution in [0.2, 0.25) is 0 Å². The second-order valence-electron chi connectivity index (χ2n) is 7.17. The predicted molar refractivity (Wildman–Crippen MR) is 96.1 cm³/mol. The molecule has 2 aliphatic heterocycles. The van der Waals surface area contributed by atoms with E-state index in [1.165, 1.54) is 11.3 Å². The first-order chi connectivity index (χ1) is 12.6. The molecule has 0 unspecified atom stereocenters. The van der Waals surface area contributed by atoms with Crippen molar-refractivity contribution in [2.75, 3.05) is 13.2 Å². The second kappa shape index (κ2) is 7.25. The van der Waals surface area contributed by atoms with E-state index in [9.17, 15) is 9.59 Å². The van der Waals surface area contributed by atoms with Crippen molar-refractivity contribution in [2.24, 2.45) is 0 Å². The predicted octanol–water partition coefficient (Wildman–Crippen LogP) is 1.64. The molecule has 0 aromatic carbocycles. The number of aromatic nitrogens is 1. The Kier molecular flexibility index (Phi) is 4.98. The van der Waals surface area contributed by atoms with Crippen molar-refractivity contribution in [1.29, 1.82) is 0 Å². The summed E-state index contributed by atoms with van der Waals surface area (Å²) in [6.45, 7) is 5.44. The maximum Gasteiger partial charge on any atom is 0.266 e. The summed E-state index contributed by atoms with van der Waals surface area (Å²) in [6, 6.07) is -0.187. The van der Waals surface area contributed by atoms with E-state index in [0.29, 0.717) is 36.8 Å². The Morgan fingerprint density at radius 2 is 2.19 bits per heavy atom. The number of carbonyl (C=O) groups excluding carboxylic acids is 2. The van der Waals surface area contributed by atoms with Crippen LogP contribution in [0, 0.1) is 6.92 Å². The first-order valence-corrected chi connectivity index (χ1v) is 10.2. The standard InChI is InChI=1S/C18H25N3O4S/c1-3-24-9-15-19-10(2)16(26-15)18(23)21-12-6-7-25-14(12)8-13(21)17(22)20-11-4-5-11/h11-14H,3-9H2,1-2H3,(H,20,22)/t12-,13-,14-/m0/s1. The van der Waals surface area contributed by atoms with Crippen molar-refractivity contribution in [3.63, 3.8) is 0 Å². The Balaban J connectivity index is 1.56. The van der Waals surface area contributed by atoms with Gasteiger partial charge in [0.25, 0.3) is 5.91 Å². The number of nitrogens with zero attached hydrogens (tertiary/aromatic N) is 2. The van der Waals surface area contributed by atoms with Crippen molar-refractivity contribution in [1.82, 2.24) is 15.2 Å². The number of hydrogen-bond donors (Lipinski definition) is 1. The molecule has 4 rings (SSSR count). The molecule has 1 aliphatic carbocycles. The summed E-state index contributed by atoms with van der Waals surface area (Å²) in [5.41, 5.74) is 0.707. The number of nitrogens with one attached hydrogen (secondary N) is 1. The van der Waals surface area contributed by atoms with Gasteiger partial charge in [0, 0.05) is 25.7 Å². The van der Waals surface area contributed by atoms with Crippen molar-refractivity contribution in [2.45, 2.75) is 70.4 Å². The monoisotopic (exact) mass is 379 g/mol. The minimum absolute atomic E-state index is 0.0192. The maximum atomic E-state index is 13.3. The topological polar surface area (TPSA) is 80.8 Å².